The minimum absolute atomic E-state index is 0.0558. The average molecular weight is 767 g/mol. The summed E-state index contributed by atoms with van der Waals surface area (Å²) < 4.78 is 5.76. The number of carbonyl (C=O) groups is 5. The second-order valence-electron chi connectivity index (χ2n) is 14.6. The number of ketones is 2. The molecule has 0 aromatic heterocycles. The summed E-state index contributed by atoms with van der Waals surface area (Å²) in [6, 6.07) is 37.7. The van der Waals surface area contributed by atoms with Gasteiger partial charge in [-0.1, -0.05) is 109 Å². The average Bonchev–Trinajstić information content (AvgIpc) is 3.22. The third kappa shape index (κ3) is 11.7. The summed E-state index contributed by atoms with van der Waals surface area (Å²) in [5, 5.41) is 25.9. The lowest BCUT2D eigenvalue weighted by Crippen LogP contribution is -2.54. The first-order chi connectivity index (χ1) is 27.6. The largest absolute Gasteiger partial charge is 0.508 e. The van der Waals surface area contributed by atoms with Gasteiger partial charge in [-0.15, -0.1) is 0 Å². The highest BCUT2D eigenvalue weighted by Gasteiger charge is 2.32. The molecule has 0 saturated heterocycles. The number of carboxylic acid groups (broad SMARTS) is 1. The molecule has 2 amide bonds. The smallest absolute Gasteiger partial charge is 0.307 e. The molecule has 0 saturated carbocycles. The number of ether oxygens (including phenoxy) is 1. The van der Waals surface area contributed by atoms with Crippen molar-refractivity contribution in [3.05, 3.63) is 156 Å². The Morgan fingerprint density at radius 2 is 1.21 bits per heavy atom. The normalized spacial score (nSPS) is 19.6. The van der Waals surface area contributed by atoms with Gasteiger partial charge in [0.2, 0.25) is 11.8 Å². The molecule has 2 bridgehead atoms. The fraction of sp³-hybridized carbons (Fsp3) is 0.255. The SMILES string of the molecule is O=C1COc2ccc(cc2)C[C@@H](C(=O)O)CC(=O)[C@H](CCc2ccccc2)NC(=O)[C@@H](Cc2ccc(-c3ccccc3)cc2)NC(=O)[C@H](Cc2ccc(O)cc2)C1. The highest BCUT2D eigenvalue weighted by Crippen LogP contribution is 2.23. The van der Waals surface area contributed by atoms with Gasteiger partial charge < -0.3 is 25.6 Å². The number of aryl methyl sites for hydroxylation is 1. The van der Waals surface area contributed by atoms with Crippen LogP contribution in [-0.2, 0) is 49.7 Å². The Labute approximate surface area is 331 Å². The first-order valence-corrected chi connectivity index (χ1v) is 19.2. The van der Waals surface area contributed by atoms with Gasteiger partial charge in [0.25, 0.3) is 0 Å². The molecular formula is C47H46N2O8. The molecule has 292 valence electrons. The van der Waals surface area contributed by atoms with Crippen LogP contribution >= 0.6 is 0 Å². The van der Waals surface area contributed by atoms with Crippen molar-refractivity contribution in [1.82, 2.24) is 10.6 Å². The second kappa shape index (κ2) is 19.4. The van der Waals surface area contributed by atoms with Crippen LogP contribution in [0.15, 0.2) is 133 Å². The highest BCUT2D eigenvalue weighted by molar-refractivity contribution is 5.95. The Balaban J connectivity index is 1.34. The van der Waals surface area contributed by atoms with Crippen LogP contribution in [0.4, 0.5) is 0 Å². The molecule has 0 fully saturated rings. The minimum atomic E-state index is -1.16. The van der Waals surface area contributed by atoms with Gasteiger partial charge in [-0.3, -0.25) is 24.0 Å². The van der Waals surface area contributed by atoms with E-state index in [-0.39, 0.29) is 56.7 Å². The fourth-order valence-corrected chi connectivity index (χ4v) is 7.05. The van der Waals surface area contributed by atoms with Crippen LogP contribution in [0.3, 0.4) is 0 Å². The van der Waals surface area contributed by atoms with E-state index in [0.29, 0.717) is 23.3 Å². The Morgan fingerprint density at radius 3 is 1.88 bits per heavy atom. The minimum Gasteiger partial charge on any atom is -0.508 e. The molecule has 2 heterocycles. The maximum atomic E-state index is 14.4. The van der Waals surface area contributed by atoms with Gasteiger partial charge in [0.05, 0.1) is 12.0 Å². The first kappa shape index (κ1) is 40.1. The number of phenols is 1. The zero-order chi connectivity index (χ0) is 40.1. The molecule has 0 spiro atoms. The number of aromatic hydroxyl groups is 1. The van der Waals surface area contributed by atoms with Crippen molar-refractivity contribution in [3.8, 4) is 22.6 Å². The molecule has 0 radical (unpaired) electrons. The Kier molecular flexibility index (Phi) is 13.6. The lowest BCUT2D eigenvalue weighted by atomic mass is 9.90. The van der Waals surface area contributed by atoms with Crippen LogP contribution in [0.25, 0.3) is 11.1 Å². The summed E-state index contributed by atoms with van der Waals surface area (Å²) in [6.45, 7) is -0.314. The number of amides is 2. The van der Waals surface area contributed by atoms with Crippen molar-refractivity contribution in [2.45, 2.75) is 57.0 Å². The molecular weight excluding hydrogens is 721 g/mol. The Hall–Kier alpha value is -6.55. The monoisotopic (exact) mass is 766 g/mol. The molecule has 10 nitrogen and oxygen atoms in total. The van der Waals surface area contributed by atoms with Gasteiger partial charge in [0, 0.05) is 25.2 Å². The van der Waals surface area contributed by atoms with E-state index in [1.807, 2.05) is 84.9 Å². The number of nitrogens with one attached hydrogen (secondary N) is 2. The number of hydrogen-bond acceptors (Lipinski definition) is 7. The number of phenolic OH excluding ortho intramolecular Hbond substituents is 1. The number of aliphatic carboxylic acids is 1. The Bertz CT molecular complexity index is 2140. The van der Waals surface area contributed by atoms with Crippen molar-refractivity contribution in [2.24, 2.45) is 11.8 Å². The number of benzene rings is 5. The van der Waals surface area contributed by atoms with Gasteiger partial charge in [-0.05, 0) is 83.3 Å². The topological polar surface area (TPSA) is 159 Å². The summed E-state index contributed by atoms with van der Waals surface area (Å²) in [6.07, 6.45) is 0.402. The quantitative estimate of drug-likeness (QED) is 0.136. The Morgan fingerprint density at radius 1 is 0.614 bits per heavy atom. The summed E-state index contributed by atoms with van der Waals surface area (Å²) in [7, 11) is 0. The van der Waals surface area contributed by atoms with Crippen molar-refractivity contribution >= 4 is 29.4 Å². The molecule has 57 heavy (non-hydrogen) atoms. The molecule has 0 aliphatic carbocycles. The summed E-state index contributed by atoms with van der Waals surface area (Å²) in [4.78, 5) is 68.6. The van der Waals surface area contributed by atoms with Crippen molar-refractivity contribution in [2.75, 3.05) is 6.61 Å². The lowest BCUT2D eigenvalue weighted by Gasteiger charge is -2.26. The number of rotatable bonds is 9. The van der Waals surface area contributed by atoms with Crippen LogP contribution < -0.4 is 15.4 Å². The first-order valence-electron chi connectivity index (χ1n) is 19.2. The van der Waals surface area contributed by atoms with E-state index in [1.165, 1.54) is 12.1 Å². The molecule has 5 aromatic rings. The summed E-state index contributed by atoms with van der Waals surface area (Å²) in [5.41, 5.74) is 5.04. The maximum Gasteiger partial charge on any atom is 0.307 e. The van der Waals surface area contributed by atoms with Crippen molar-refractivity contribution in [3.63, 3.8) is 0 Å². The van der Waals surface area contributed by atoms with E-state index in [4.69, 9.17) is 4.74 Å². The maximum absolute atomic E-state index is 14.4. The van der Waals surface area contributed by atoms with Crippen LogP contribution in [0.1, 0.15) is 41.5 Å². The zero-order valence-corrected chi connectivity index (χ0v) is 31.5. The van der Waals surface area contributed by atoms with Gasteiger partial charge in [0.1, 0.15) is 24.1 Å². The van der Waals surface area contributed by atoms with Gasteiger partial charge in [-0.25, -0.2) is 0 Å². The molecule has 10 heteroatoms. The molecule has 0 unspecified atom stereocenters. The lowest BCUT2D eigenvalue weighted by molar-refractivity contribution is -0.144. The van der Waals surface area contributed by atoms with Crippen LogP contribution in [-0.4, -0.2) is 58.3 Å². The molecule has 4 atom stereocenters. The summed E-state index contributed by atoms with van der Waals surface area (Å²) in [5.74, 6) is -4.60. The third-order valence-corrected chi connectivity index (χ3v) is 10.3. The number of Topliss-reactive ketones (excluding diaryl/α,β-unsaturated/α-hetero) is 2. The molecule has 2 aliphatic heterocycles. The van der Waals surface area contributed by atoms with Crippen LogP contribution in [0.2, 0.25) is 0 Å². The van der Waals surface area contributed by atoms with Crippen LogP contribution in [0.5, 0.6) is 11.5 Å². The second-order valence-corrected chi connectivity index (χ2v) is 14.6. The molecule has 4 N–H and O–H groups in total. The van der Waals surface area contributed by atoms with E-state index in [9.17, 15) is 34.2 Å². The van der Waals surface area contributed by atoms with Gasteiger partial charge in [-0.2, -0.15) is 0 Å². The highest BCUT2D eigenvalue weighted by atomic mass is 16.5. The van der Waals surface area contributed by atoms with Crippen LogP contribution in [0, 0.1) is 11.8 Å². The number of carbonyl (C=O) groups excluding carboxylic acids is 4. The third-order valence-electron chi connectivity index (χ3n) is 10.3. The molecule has 5 aromatic carbocycles. The standard InChI is InChI=1S/C47H46N2O8/c50-39-20-13-32(14-21-39)25-37-28-40(51)30-57-41-22-15-33(16-23-41)26-38(47(55)56)29-44(52)42(24-17-31-7-3-1-4-8-31)48-46(54)43(49-45(37)53)27-34-11-18-36(19-12-34)35-9-5-2-6-10-35/h1-16,18-23,37-38,42-43,50H,17,24-30H2,(H,48,54)(H,49,53)(H,55,56)/t37-,38-,42+,43-/m1/s1. The number of fused-ring (bicyclic) bond motifs is 16. The summed E-state index contributed by atoms with van der Waals surface area (Å²) >= 11 is 0. The predicted octanol–water partition coefficient (Wildman–Crippen LogP) is 6.32. The zero-order valence-electron chi connectivity index (χ0n) is 31.5. The fourth-order valence-electron chi connectivity index (χ4n) is 7.05. The molecule has 2 aliphatic rings. The predicted molar refractivity (Wildman–Crippen MR) is 216 cm³/mol. The van der Waals surface area contributed by atoms with E-state index in [2.05, 4.69) is 10.6 Å². The van der Waals surface area contributed by atoms with E-state index >= 15 is 0 Å². The van der Waals surface area contributed by atoms with Crippen molar-refractivity contribution in [1.29, 1.82) is 0 Å². The van der Waals surface area contributed by atoms with E-state index in [1.54, 1.807) is 36.4 Å². The van der Waals surface area contributed by atoms with Gasteiger partial charge >= 0.3 is 5.97 Å². The molecule has 7 rings (SSSR count). The van der Waals surface area contributed by atoms with E-state index in [0.717, 1.165) is 22.3 Å². The van der Waals surface area contributed by atoms with E-state index < -0.39 is 47.5 Å². The number of carboxylic acids is 1. The number of hydrogen-bond donors (Lipinski definition) is 4. The van der Waals surface area contributed by atoms with Crippen molar-refractivity contribution < 1.29 is 38.9 Å². The van der Waals surface area contributed by atoms with Gasteiger partial charge in [0.15, 0.2) is 11.6 Å².